The fraction of sp³-hybridized carbons (Fsp3) is 0.438. The molecule has 0 radical (unpaired) electrons. The number of nitrogens with zero attached hydrogens (tertiary/aromatic N) is 1. The highest BCUT2D eigenvalue weighted by atomic mass is 127. The van der Waals surface area contributed by atoms with Gasteiger partial charge in [0.25, 0.3) is 5.91 Å². The van der Waals surface area contributed by atoms with Crippen LogP contribution >= 0.6 is 45.2 Å². The summed E-state index contributed by atoms with van der Waals surface area (Å²) >= 11 is 4.01. The number of carbonyl (C=O) groups excluding carboxylic acids is 1. The summed E-state index contributed by atoms with van der Waals surface area (Å²) in [7, 11) is 0. The van der Waals surface area contributed by atoms with Crippen molar-refractivity contribution in [3.8, 4) is 0 Å². The average Bonchev–Trinajstić information content (AvgIpc) is 2.61. The Bertz CT molecular complexity index is 745. The van der Waals surface area contributed by atoms with Crippen LogP contribution in [0.5, 0.6) is 0 Å². The van der Waals surface area contributed by atoms with Crippen molar-refractivity contribution in [1.82, 2.24) is 5.32 Å². The molecule has 0 saturated carbocycles. The lowest BCUT2D eigenvalue weighted by Gasteiger charge is -2.25. The summed E-state index contributed by atoms with van der Waals surface area (Å²) < 4.78 is 44.4. The lowest BCUT2D eigenvalue weighted by Crippen LogP contribution is -2.41. The third-order valence-corrected chi connectivity index (χ3v) is 4.62. The molecule has 0 aliphatic heterocycles. The standard InChI is InChI=1S/C16H17F3I2N2O5/c17-9-7-8(15(26)22-10(16(27)28)1-2-11(24)25)12(18)13(19)14(9)23(5-3-20)6-4-21/h7,10H,1-6H2,(H,22,26)(H,24,25)(H,27,28). The molecule has 0 fully saturated rings. The van der Waals surface area contributed by atoms with Crippen molar-refractivity contribution in [2.24, 2.45) is 0 Å². The molecule has 0 bridgehead atoms. The van der Waals surface area contributed by atoms with Crippen LogP contribution in [-0.4, -0.2) is 56.0 Å². The molecule has 7 nitrogen and oxygen atoms in total. The Morgan fingerprint density at radius 1 is 1.07 bits per heavy atom. The molecule has 156 valence electrons. The van der Waals surface area contributed by atoms with E-state index in [1.807, 2.05) is 50.5 Å². The third kappa shape index (κ3) is 6.63. The van der Waals surface area contributed by atoms with Gasteiger partial charge in [-0.05, 0) is 12.5 Å². The summed E-state index contributed by atoms with van der Waals surface area (Å²) in [6, 6.07) is -1.14. The van der Waals surface area contributed by atoms with E-state index in [9.17, 15) is 27.6 Å². The van der Waals surface area contributed by atoms with E-state index in [4.69, 9.17) is 10.2 Å². The highest BCUT2D eigenvalue weighted by molar-refractivity contribution is 14.1. The van der Waals surface area contributed by atoms with Crippen LogP contribution in [0.3, 0.4) is 0 Å². The van der Waals surface area contributed by atoms with Crippen LogP contribution in [0.15, 0.2) is 6.07 Å². The molecule has 12 heteroatoms. The van der Waals surface area contributed by atoms with E-state index in [1.165, 1.54) is 4.90 Å². The number of rotatable bonds is 11. The van der Waals surface area contributed by atoms with E-state index in [-0.39, 0.29) is 13.1 Å². The van der Waals surface area contributed by atoms with Gasteiger partial charge in [0, 0.05) is 28.4 Å². The molecule has 1 aromatic rings. The fourth-order valence-corrected chi connectivity index (χ4v) is 3.51. The first kappa shape index (κ1) is 24.7. The second-order valence-corrected chi connectivity index (χ2v) is 7.70. The number of nitrogens with one attached hydrogen (secondary N) is 1. The summed E-state index contributed by atoms with van der Waals surface area (Å²) in [5.41, 5.74) is -1.59. The summed E-state index contributed by atoms with van der Waals surface area (Å²) in [5.74, 6) is -8.51. The minimum atomic E-state index is -1.65. The van der Waals surface area contributed by atoms with Gasteiger partial charge in [0.1, 0.15) is 11.7 Å². The zero-order valence-corrected chi connectivity index (χ0v) is 18.7. The second kappa shape index (κ2) is 11.6. The number of anilines is 1. The van der Waals surface area contributed by atoms with Crippen molar-refractivity contribution < 1.29 is 37.8 Å². The Morgan fingerprint density at radius 2 is 1.64 bits per heavy atom. The molecule has 28 heavy (non-hydrogen) atoms. The molecule has 1 rings (SSSR count). The fourth-order valence-electron chi connectivity index (χ4n) is 2.34. The Kier molecular flexibility index (Phi) is 10.3. The summed E-state index contributed by atoms with van der Waals surface area (Å²) in [4.78, 5) is 35.2. The van der Waals surface area contributed by atoms with E-state index < -0.39 is 65.4 Å². The van der Waals surface area contributed by atoms with Crippen molar-refractivity contribution >= 4 is 68.7 Å². The van der Waals surface area contributed by atoms with Gasteiger partial charge in [0.2, 0.25) is 0 Å². The third-order valence-electron chi connectivity index (χ3n) is 3.65. The number of carbonyl (C=O) groups is 3. The van der Waals surface area contributed by atoms with Crippen LogP contribution in [0, 0.1) is 17.5 Å². The first-order valence-electron chi connectivity index (χ1n) is 7.93. The number of hydrogen-bond acceptors (Lipinski definition) is 4. The lowest BCUT2D eigenvalue weighted by atomic mass is 10.1. The van der Waals surface area contributed by atoms with E-state index in [0.29, 0.717) is 14.9 Å². The lowest BCUT2D eigenvalue weighted by molar-refractivity contribution is -0.140. The van der Waals surface area contributed by atoms with Crippen LogP contribution in [0.2, 0.25) is 0 Å². The first-order chi connectivity index (χ1) is 13.1. The zero-order valence-electron chi connectivity index (χ0n) is 14.4. The smallest absolute Gasteiger partial charge is 0.326 e. The Hall–Kier alpha value is -1.32. The predicted octanol–water partition coefficient (Wildman–Crippen LogP) is 2.83. The molecule has 1 amide bonds. The van der Waals surface area contributed by atoms with Crippen LogP contribution < -0.4 is 10.2 Å². The summed E-state index contributed by atoms with van der Waals surface area (Å²) in [5, 5.41) is 19.5. The van der Waals surface area contributed by atoms with E-state index >= 15 is 0 Å². The number of aliphatic carboxylic acids is 2. The molecule has 1 atom stereocenters. The minimum absolute atomic E-state index is 0.263. The van der Waals surface area contributed by atoms with Gasteiger partial charge in [-0.25, -0.2) is 18.0 Å². The van der Waals surface area contributed by atoms with Crippen LogP contribution in [-0.2, 0) is 9.59 Å². The van der Waals surface area contributed by atoms with Gasteiger partial charge >= 0.3 is 11.9 Å². The number of alkyl halides is 2. The molecular weight excluding hydrogens is 611 g/mol. The highest BCUT2D eigenvalue weighted by Gasteiger charge is 2.28. The molecule has 0 aliphatic rings. The van der Waals surface area contributed by atoms with Crippen LogP contribution in [0.1, 0.15) is 23.2 Å². The summed E-state index contributed by atoms with van der Waals surface area (Å²) in [6.45, 7) is 0.525. The Labute approximate surface area is 185 Å². The number of carboxylic acids is 2. The second-order valence-electron chi connectivity index (χ2n) is 5.54. The maximum absolute atomic E-state index is 14.5. The van der Waals surface area contributed by atoms with Crippen LogP contribution in [0.25, 0.3) is 0 Å². The first-order valence-corrected chi connectivity index (χ1v) is 11.0. The van der Waals surface area contributed by atoms with Gasteiger partial charge < -0.3 is 20.4 Å². The SMILES string of the molecule is O=C(O)CCC(NC(=O)c1cc(F)c(N(CCI)CCI)c(F)c1F)C(=O)O. The van der Waals surface area contributed by atoms with Crippen molar-refractivity contribution in [2.75, 3.05) is 26.8 Å². The van der Waals surface area contributed by atoms with Crippen molar-refractivity contribution in [2.45, 2.75) is 18.9 Å². The topological polar surface area (TPSA) is 107 Å². The maximum atomic E-state index is 14.5. The molecule has 0 aliphatic carbocycles. The summed E-state index contributed by atoms with van der Waals surface area (Å²) in [6.07, 6.45) is -1.04. The van der Waals surface area contributed by atoms with Gasteiger partial charge in [-0.2, -0.15) is 0 Å². The molecule has 0 spiro atoms. The van der Waals surface area contributed by atoms with Gasteiger partial charge in [0.05, 0.1) is 5.56 Å². The number of halogens is 5. The normalized spacial score (nSPS) is 11.8. The monoisotopic (exact) mass is 628 g/mol. The number of hydrogen-bond donors (Lipinski definition) is 3. The molecule has 0 heterocycles. The number of carboxylic acid groups (broad SMARTS) is 2. The number of amides is 1. The average molecular weight is 628 g/mol. The van der Waals surface area contributed by atoms with Gasteiger partial charge in [-0.3, -0.25) is 9.59 Å². The van der Waals surface area contributed by atoms with Crippen molar-refractivity contribution in [3.63, 3.8) is 0 Å². The molecular formula is C16H17F3I2N2O5. The van der Waals surface area contributed by atoms with E-state index in [1.54, 1.807) is 0 Å². The molecule has 3 N–H and O–H groups in total. The van der Waals surface area contributed by atoms with Gasteiger partial charge in [-0.1, -0.05) is 45.2 Å². The van der Waals surface area contributed by atoms with Gasteiger partial charge in [-0.15, -0.1) is 0 Å². The predicted molar refractivity (Wildman–Crippen MR) is 112 cm³/mol. The molecule has 1 unspecified atom stereocenters. The van der Waals surface area contributed by atoms with E-state index in [2.05, 4.69) is 0 Å². The molecule has 0 saturated heterocycles. The van der Waals surface area contributed by atoms with Crippen molar-refractivity contribution in [1.29, 1.82) is 0 Å². The molecule has 1 aromatic carbocycles. The Morgan fingerprint density at radius 3 is 2.11 bits per heavy atom. The molecule has 0 aromatic heterocycles. The largest absolute Gasteiger partial charge is 0.481 e. The highest BCUT2D eigenvalue weighted by Crippen LogP contribution is 2.28. The minimum Gasteiger partial charge on any atom is -0.481 e. The van der Waals surface area contributed by atoms with Crippen LogP contribution in [0.4, 0.5) is 18.9 Å². The number of benzene rings is 1. The van der Waals surface area contributed by atoms with Crippen molar-refractivity contribution in [3.05, 3.63) is 29.1 Å². The van der Waals surface area contributed by atoms with E-state index in [0.717, 1.165) is 0 Å². The zero-order chi connectivity index (χ0) is 21.4. The maximum Gasteiger partial charge on any atom is 0.326 e. The van der Waals surface area contributed by atoms with Gasteiger partial charge in [0.15, 0.2) is 17.5 Å². The quantitative estimate of drug-likeness (QED) is 0.198. The Balaban J connectivity index is 3.19.